The standard InChI is InChI=1S/C15H23NO3/c1-2-3-11-19-14(12-16-10-9-15(17)18)13-7-5-4-6-8-13/h4-8,14,16H,2-3,9-12H2,1H3,(H,17,18). The van der Waals surface area contributed by atoms with Crippen molar-refractivity contribution in [1.29, 1.82) is 0 Å². The topological polar surface area (TPSA) is 58.6 Å². The van der Waals surface area contributed by atoms with E-state index in [0.717, 1.165) is 25.0 Å². The molecule has 19 heavy (non-hydrogen) atoms. The molecule has 0 aromatic heterocycles. The van der Waals surface area contributed by atoms with Crippen molar-refractivity contribution in [2.75, 3.05) is 19.7 Å². The van der Waals surface area contributed by atoms with Gasteiger partial charge in [0.2, 0.25) is 0 Å². The lowest BCUT2D eigenvalue weighted by Crippen LogP contribution is -2.26. The predicted molar refractivity (Wildman–Crippen MR) is 75.2 cm³/mol. The Morgan fingerprint density at radius 2 is 2.11 bits per heavy atom. The normalized spacial score (nSPS) is 12.3. The molecule has 0 amide bonds. The van der Waals surface area contributed by atoms with Crippen molar-refractivity contribution in [1.82, 2.24) is 5.32 Å². The van der Waals surface area contributed by atoms with Gasteiger partial charge in [-0.05, 0) is 12.0 Å². The Balaban J connectivity index is 2.43. The molecule has 1 rings (SSSR count). The largest absolute Gasteiger partial charge is 0.481 e. The van der Waals surface area contributed by atoms with Crippen molar-refractivity contribution < 1.29 is 14.6 Å². The molecular formula is C15H23NO3. The van der Waals surface area contributed by atoms with Crippen LogP contribution in [0.1, 0.15) is 37.9 Å². The number of carboxylic acids is 1. The van der Waals surface area contributed by atoms with E-state index >= 15 is 0 Å². The monoisotopic (exact) mass is 265 g/mol. The summed E-state index contributed by atoms with van der Waals surface area (Å²) in [5.74, 6) is -0.782. The van der Waals surface area contributed by atoms with Crippen LogP contribution in [-0.4, -0.2) is 30.8 Å². The van der Waals surface area contributed by atoms with Crippen LogP contribution in [-0.2, 0) is 9.53 Å². The smallest absolute Gasteiger partial charge is 0.304 e. The van der Waals surface area contributed by atoms with Crippen molar-refractivity contribution in [3.8, 4) is 0 Å². The average Bonchev–Trinajstić information content (AvgIpc) is 2.42. The molecule has 0 aliphatic heterocycles. The van der Waals surface area contributed by atoms with Crippen LogP contribution in [0.4, 0.5) is 0 Å². The van der Waals surface area contributed by atoms with E-state index in [-0.39, 0.29) is 12.5 Å². The first-order valence-electron chi connectivity index (χ1n) is 6.83. The minimum Gasteiger partial charge on any atom is -0.481 e. The van der Waals surface area contributed by atoms with Gasteiger partial charge < -0.3 is 15.2 Å². The number of ether oxygens (including phenoxy) is 1. The third-order valence-electron chi connectivity index (χ3n) is 2.83. The van der Waals surface area contributed by atoms with Gasteiger partial charge in [0.05, 0.1) is 12.5 Å². The van der Waals surface area contributed by atoms with E-state index in [1.807, 2.05) is 30.3 Å². The maximum absolute atomic E-state index is 10.5. The summed E-state index contributed by atoms with van der Waals surface area (Å²) in [4.78, 5) is 10.5. The molecule has 0 heterocycles. The number of nitrogens with one attached hydrogen (secondary N) is 1. The molecule has 0 radical (unpaired) electrons. The zero-order valence-electron chi connectivity index (χ0n) is 11.5. The number of hydrogen-bond donors (Lipinski definition) is 2. The van der Waals surface area contributed by atoms with Crippen LogP contribution in [0.3, 0.4) is 0 Å². The number of benzene rings is 1. The molecule has 106 valence electrons. The van der Waals surface area contributed by atoms with Crippen LogP contribution >= 0.6 is 0 Å². The highest BCUT2D eigenvalue weighted by molar-refractivity contribution is 5.66. The van der Waals surface area contributed by atoms with E-state index in [2.05, 4.69) is 12.2 Å². The molecule has 1 unspecified atom stereocenters. The van der Waals surface area contributed by atoms with E-state index in [1.165, 1.54) is 0 Å². The molecular weight excluding hydrogens is 242 g/mol. The van der Waals surface area contributed by atoms with Gasteiger partial charge in [-0.3, -0.25) is 4.79 Å². The lowest BCUT2D eigenvalue weighted by atomic mass is 10.1. The summed E-state index contributed by atoms with van der Waals surface area (Å²) in [6.45, 7) is 3.97. The quantitative estimate of drug-likeness (QED) is 0.638. The molecule has 0 saturated carbocycles. The third kappa shape index (κ3) is 6.94. The Bertz CT molecular complexity index is 354. The highest BCUT2D eigenvalue weighted by Gasteiger charge is 2.11. The summed E-state index contributed by atoms with van der Waals surface area (Å²) >= 11 is 0. The highest BCUT2D eigenvalue weighted by atomic mass is 16.5. The molecule has 2 N–H and O–H groups in total. The van der Waals surface area contributed by atoms with Gasteiger partial charge in [-0.1, -0.05) is 43.7 Å². The van der Waals surface area contributed by atoms with Crippen molar-refractivity contribution in [2.24, 2.45) is 0 Å². The molecule has 0 fully saturated rings. The third-order valence-corrected chi connectivity index (χ3v) is 2.83. The molecule has 0 aliphatic rings. The van der Waals surface area contributed by atoms with Crippen LogP contribution in [0, 0.1) is 0 Å². The Morgan fingerprint density at radius 3 is 2.74 bits per heavy atom. The second-order valence-corrected chi connectivity index (χ2v) is 4.47. The number of carboxylic acid groups (broad SMARTS) is 1. The maximum Gasteiger partial charge on any atom is 0.304 e. The van der Waals surface area contributed by atoms with Gasteiger partial charge in [-0.15, -0.1) is 0 Å². The lowest BCUT2D eigenvalue weighted by molar-refractivity contribution is -0.136. The average molecular weight is 265 g/mol. The van der Waals surface area contributed by atoms with E-state index in [9.17, 15) is 4.79 Å². The van der Waals surface area contributed by atoms with E-state index in [4.69, 9.17) is 9.84 Å². The summed E-state index contributed by atoms with van der Waals surface area (Å²) in [7, 11) is 0. The first-order valence-corrected chi connectivity index (χ1v) is 6.83. The number of rotatable bonds is 10. The van der Waals surface area contributed by atoms with Gasteiger partial charge in [0.25, 0.3) is 0 Å². The minimum absolute atomic E-state index is 0.0125. The number of unbranched alkanes of at least 4 members (excludes halogenated alkanes) is 1. The highest BCUT2D eigenvalue weighted by Crippen LogP contribution is 2.16. The Morgan fingerprint density at radius 1 is 1.37 bits per heavy atom. The fourth-order valence-corrected chi connectivity index (χ4v) is 1.74. The Labute approximate surface area is 114 Å². The number of carbonyl (C=O) groups is 1. The first kappa shape index (κ1) is 15.7. The van der Waals surface area contributed by atoms with Crippen LogP contribution in [0.15, 0.2) is 30.3 Å². The molecule has 0 aliphatic carbocycles. The zero-order chi connectivity index (χ0) is 13.9. The van der Waals surface area contributed by atoms with E-state index in [1.54, 1.807) is 0 Å². The summed E-state index contributed by atoms with van der Waals surface area (Å²) in [6.07, 6.45) is 2.27. The molecule has 1 atom stereocenters. The predicted octanol–water partition coefficient (Wildman–Crippen LogP) is 2.61. The molecule has 1 aromatic carbocycles. The second kappa shape index (κ2) is 9.53. The maximum atomic E-state index is 10.5. The number of hydrogen-bond acceptors (Lipinski definition) is 3. The van der Waals surface area contributed by atoms with Crippen LogP contribution < -0.4 is 5.32 Å². The van der Waals surface area contributed by atoms with Crippen LogP contribution in [0.25, 0.3) is 0 Å². The van der Waals surface area contributed by atoms with Crippen LogP contribution in [0.5, 0.6) is 0 Å². The van der Waals surface area contributed by atoms with Gasteiger partial charge in [-0.25, -0.2) is 0 Å². The van der Waals surface area contributed by atoms with Gasteiger partial charge in [-0.2, -0.15) is 0 Å². The summed E-state index contributed by atoms with van der Waals surface area (Å²) < 4.78 is 5.87. The fraction of sp³-hybridized carbons (Fsp3) is 0.533. The zero-order valence-corrected chi connectivity index (χ0v) is 11.5. The fourth-order valence-electron chi connectivity index (χ4n) is 1.74. The molecule has 0 saturated heterocycles. The lowest BCUT2D eigenvalue weighted by Gasteiger charge is -2.19. The van der Waals surface area contributed by atoms with Crippen molar-refractivity contribution >= 4 is 5.97 Å². The van der Waals surface area contributed by atoms with E-state index < -0.39 is 5.97 Å². The summed E-state index contributed by atoms with van der Waals surface area (Å²) in [6, 6.07) is 10.0. The summed E-state index contributed by atoms with van der Waals surface area (Å²) in [5, 5.41) is 11.7. The molecule has 4 nitrogen and oxygen atoms in total. The van der Waals surface area contributed by atoms with Crippen molar-refractivity contribution in [3.63, 3.8) is 0 Å². The second-order valence-electron chi connectivity index (χ2n) is 4.47. The van der Waals surface area contributed by atoms with Gasteiger partial charge >= 0.3 is 5.97 Å². The minimum atomic E-state index is -0.782. The van der Waals surface area contributed by atoms with Crippen molar-refractivity contribution in [2.45, 2.75) is 32.3 Å². The van der Waals surface area contributed by atoms with Gasteiger partial charge in [0.1, 0.15) is 0 Å². The van der Waals surface area contributed by atoms with Gasteiger partial charge in [0.15, 0.2) is 0 Å². The number of aliphatic carboxylic acids is 1. The van der Waals surface area contributed by atoms with E-state index in [0.29, 0.717) is 13.1 Å². The van der Waals surface area contributed by atoms with Crippen molar-refractivity contribution in [3.05, 3.63) is 35.9 Å². The Hall–Kier alpha value is -1.39. The first-order chi connectivity index (χ1) is 9.24. The van der Waals surface area contributed by atoms with Gasteiger partial charge in [0, 0.05) is 19.7 Å². The van der Waals surface area contributed by atoms with Crippen LogP contribution in [0.2, 0.25) is 0 Å². The molecule has 4 heteroatoms. The summed E-state index contributed by atoms with van der Waals surface area (Å²) in [5.41, 5.74) is 1.13. The molecule has 0 spiro atoms. The Kier molecular flexibility index (Phi) is 7.86. The SMILES string of the molecule is CCCCOC(CNCCC(=O)O)c1ccccc1. The molecule has 0 bridgehead atoms. The molecule has 1 aromatic rings.